The van der Waals surface area contributed by atoms with Crippen LogP contribution < -0.4 is 4.74 Å². The monoisotopic (exact) mass is 419 g/mol. The van der Waals surface area contributed by atoms with Crippen molar-refractivity contribution in [2.75, 3.05) is 12.5 Å². The minimum absolute atomic E-state index is 0.241. The summed E-state index contributed by atoms with van der Waals surface area (Å²) in [5.41, 5.74) is 7.05. The van der Waals surface area contributed by atoms with E-state index >= 15 is 0 Å². The predicted octanol–water partition coefficient (Wildman–Crippen LogP) is 6.52. The molecule has 4 nitrogen and oxygen atoms in total. The van der Waals surface area contributed by atoms with Gasteiger partial charge in [-0.3, -0.25) is 0 Å². The van der Waals surface area contributed by atoms with Crippen LogP contribution in [0.5, 0.6) is 11.5 Å². The van der Waals surface area contributed by atoms with E-state index in [0.29, 0.717) is 12.5 Å². The van der Waals surface area contributed by atoms with Gasteiger partial charge in [-0.05, 0) is 70.7 Å². The number of alkyl halides is 1. The van der Waals surface area contributed by atoms with Crippen molar-refractivity contribution in [1.82, 2.24) is 4.98 Å². The molecule has 0 saturated heterocycles. The standard InChI is InChI=1S/C25H22ClNO3/c1-2-22(19-7-12-24-23(15-19)27-16-30-24)25(17-3-8-20(28)9-4-17)18-5-10-21(11-6-18)29-14-13-26/h3-12,15-16,28H,2,13-14H2,1H3. The van der Waals surface area contributed by atoms with Crippen molar-refractivity contribution in [3.05, 3.63) is 89.8 Å². The van der Waals surface area contributed by atoms with E-state index in [9.17, 15) is 5.11 Å². The Balaban J connectivity index is 1.87. The fourth-order valence-corrected chi connectivity index (χ4v) is 3.67. The highest BCUT2D eigenvalue weighted by molar-refractivity contribution is 6.18. The van der Waals surface area contributed by atoms with E-state index < -0.39 is 0 Å². The smallest absolute Gasteiger partial charge is 0.181 e. The number of oxazole rings is 1. The lowest BCUT2D eigenvalue weighted by atomic mass is 9.88. The molecule has 0 atom stereocenters. The molecule has 5 heteroatoms. The number of aromatic nitrogens is 1. The number of phenols is 1. The summed E-state index contributed by atoms with van der Waals surface area (Å²) in [7, 11) is 0. The number of allylic oxidation sites excluding steroid dienone is 1. The Morgan fingerprint density at radius 1 is 0.967 bits per heavy atom. The van der Waals surface area contributed by atoms with Crippen LogP contribution in [0.2, 0.25) is 0 Å². The van der Waals surface area contributed by atoms with Gasteiger partial charge >= 0.3 is 0 Å². The lowest BCUT2D eigenvalue weighted by Crippen LogP contribution is -1.99. The summed E-state index contributed by atoms with van der Waals surface area (Å²) in [6.45, 7) is 2.61. The van der Waals surface area contributed by atoms with Crippen molar-refractivity contribution in [3.8, 4) is 11.5 Å². The average molecular weight is 420 g/mol. The van der Waals surface area contributed by atoms with Crippen molar-refractivity contribution in [1.29, 1.82) is 0 Å². The van der Waals surface area contributed by atoms with Crippen LogP contribution in [-0.4, -0.2) is 22.6 Å². The fraction of sp³-hybridized carbons (Fsp3) is 0.160. The quantitative estimate of drug-likeness (QED) is 0.273. The van der Waals surface area contributed by atoms with E-state index in [0.717, 1.165) is 45.5 Å². The topological polar surface area (TPSA) is 55.5 Å². The molecular weight excluding hydrogens is 398 g/mol. The molecule has 4 rings (SSSR count). The third kappa shape index (κ3) is 4.19. The summed E-state index contributed by atoms with van der Waals surface area (Å²) in [4.78, 5) is 4.30. The van der Waals surface area contributed by atoms with E-state index in [1.165, 1.54) is 12.0 Å². The minimum atomic E-state index is 0.241. The Morgan fingerprint density at radius 3 is 2.30 bits per heavy atom. The molecule has 1 aromatic heterocycles. The maximum Gasteiger partial charge on any atom is 0.181 e. The van der Waals surface area contributed by atoms with Crippen LogP contribution in [0.3, 0.4) is 0 Å². The van der Waals surface area contributed by atoms with Crippen LogP contribution in [0.1, 0.15) is 30.0 Å². The maximum absolute atomic E-state index is 9.77. The largest absolute Gasteiger partial charge is 0.508 e. The molecule has 4 aromatic rings. The van der Waals surface area contributed by atoms with E-state index in [-0.39, 0.29) is 5.75 Å². The van der Waals surface area contributed by atoms with Crippen LogP contribution in [0.4, 0.5) is 0 Å². The van der Waals surface area contributed by atoms with Crippen LogP contribution in [-0.2, 0) is 0 Å². The van der Waals surface area contributed by atoms with Crippen LogP contribution in [0.25, 0.3) is 22.2 Å². The zero-order chi connectivity index (χ0) is 20.9. The Morgan fingerprint density at radius 2 is 1.63 bits per heavy atom. The van der Waals surface area contributed by atoms with Crippen molar-refractivity contribution in [2.24, 2.45) is 0 Å². The van der Waals surface area contributed by atoms with Gasteiger partial charge in [0.15, 0.2) is 12.0 Å². The first-order valence-electron chi connectivity index (χ1n) is 9.85. The number of fused-ring (bicyclic) bond motifs is 1. The van der Waals surface area contributed by atoms with Gasteiger partial charge in [0.25, 0.3) is 0 Å². The molecule has 30 heavy (non-hydrogen) atoms. The van der Waals surface area contributed by atoms with Crippen molar-refractivity contribution >= 4 is 33.8 Å². The molecule has 152 valence electrons. The van der Waals surface area contributed by atoms with E-state index in [1.54, 1.807) is 12.1 Å². The zero-order valence-corrected chi connectivity index (χ0v) is 17.4. The third-order valence-corrected chi connectivity index (χ3v) is 5.13. The van der Waals surface area contributed by atoms with Gasteiger partial charge in [0, 0.05) is 0 Å². The molecule has 0 spiro atoms. The predicted molar refractivity (Wildman–Crippen MR) is 121 cm³/mol. The number of hydrogen-bond acceptors (Lipinski definition) is 4. The Kier molecular flexibility index (Phi) is 6.05. The van der Waals surface area contributed by atoms with Gasteiger partial charge in [-0.15, -0.1) is 11.6 Å². The summed E-state index contributed by atoms with van der Waals surface area (Å²) in [6, 6.07) is 21.4. The molecule has 0 unspecified atom stereocenters. The average Bonchev–Trinajstić information content (AvgIpc) is 3.25. The molecule has 0 aliphatic heterocycles. The molecule has 0 bridgehead atoms. The number of aromatic hydroxyl groups is 1. The van der Waals surface area contributed by atoms with Gasteiger partial charge in [-0.25, -0.2) is 4.98 Å². The molecule has 0 aliphatic rings. The second-order valence-corrected chi connectivity index (χ2v) is 7.23. The van der Waals surface area contributed by atoms with Gasteiger partial charge in [0.2, 0.25) is 0 Å². The van der Waals surface area contributed by atoms with E-state index in [4.69, 9.17) is 20.8 Å². The number of rotatable bonds is 7. The zero-order valence-electron chi connectivity index (χ0n) is 16.6. The summed E-state index contributed by atoms with van der Waals surface area (Å²) in [6.07, 6.45) is 2.29. The molecule has 0 radical (unpaired) electrons. The molecular formula is C25H22ClNO3. The van der Waals surface area contributed by atoms with E-state index in [1.807, 2.05) is 30.3 Å². The fourth-order valence-electron chi connectivity index (χ4n) is 3.59. The third-order valence-electron chi connectivity index (χ3n) is 4.98. The van der Waals surface area contributed by atoms with Crippen LogP contribution in [0.15, 0.2) is 77.5 Å². The first-order chi connectivity index (χ1) is 14.7. The second-order valence-electron chi connectivity index (χ2n) is 6.85. The molecule has 0 saturated carbocycles. The van der Waals surface area contributed by atoms with Crippen LogP contribution in [0, 0.1) is 0 Å². The lowest BCUT2D eigenvalue weighted by Gasteiger charge is -2.17. The first kappa shape index (κ1) is 20.0. The van der Waals surface area contributed by atoms with Gasteiger partial charge in [0.05, 0.1) is 5.88 Å². The van der Waals surface area contributed by atoms with E-state index in [2.05, 4.69) is 36.2 Å². The Bertz CT molecular complexity index is 1160. The number of phenolic OH excluding ortho intramolecular Hbond substituents is 1. The molecule has 0 aliphatic carbocycles. The number of ether oxygens (including phenoxy) is 1. The summed E-state index contributed by atoms with van der Waals surface area (Å²) < 4.78 is 11.0. The highest BCUT2D eigenvalue weighted by atomic mass is 35.5. The van der Waals surface area contributed by atoms with Crippen molar-refractivity contribution in [3.63, 3.8) is 0 Å². The second kappa shape index (κ2) is 9.06. The minimum Gasteiger partial charge on any atom is -0.508 e. The maximum atomic E-state index is 9.77. The molecule has 0 fully saturated rings. The number of halogens is 1. The molecule has 3 aromatic carbocycles. The highest BCUT2D eigenvalue weighted by Crippen LogP contribution is 2.36. The van der Waals surface area contributed by atoms with Crippen molar-refractivity contribution < 1.29 is 14.3 Å². The normalized spacial score (nSPS) is 12.1. The molecule has 0 amide bonds. The highest BCUT2D eigenvalue weighted by Gasteiger charge is 2.14. The number of nitrogens with zero attached hydrogens (tertiary/aromatic N) is 1. The van der Waals surface area contributed by atoms with Gasteiger partial charge in [0.1, 0.15) is 23.6 Å². The summed E-state index contributed by atoms with van der Waals surface area (Å²) >= 11 is 5.72. The first-order valence-corrected chi connectivity index (χ1v) is 10.4. The Labute approximate surface area is 180 Å². The van der Waals surface area contributed by atoms with Gasteiger partial charge in [-0.2, -0.15) is 0 Å². The number of benzene rings is 3. The van der Waals surface area contributed by atoms with Gasteiger partial charge < -0.3 is 14.3 Å². The molecule has 1 N–H and O–H groups in total. The summed E-state index contributed by atoms with van der Waals surface area (Å²) in [5.74, 6) is 1.47. The van der Waals surface area contributed by atoms with Crippen molar-refractivity contribution in [2.45, 2.75) is 13.3 Å². The van der Waals surface area contributed by atoms with Crippen LogP contribution >= 0.6 is 11.6 Å². The number of hydrogen-bond donors (Lipinski definition) is 1. The summed E-state index contributed by atoms with van der Waals surface area (Å²) in [5, 5.41) is 9.77. The molecule has 1 heterocycles. The van der Waals surface area contributed by atoms with Gasteiger partial charge in [-0.1, -0.05) is 37.3 Å². The lowest BCUT2D eigenvalue weighted by molar-refractivity contribution is 0.343. The Hall–Kier alpha value is -3.24. The SMILES string of the molecule is CCC(=C(c1ccc(O)cc1)c1ccc(OCCCl)cc1)c1ccc2ocnc2c1.